The van der Waals surface area contributed by atoms with Crippen molar-refractivity contribution in [1.82, 2.24) is 0 Å². The molecule has 4 aromatic rings. The molecule has 2 amide bonds. The van der Waals surface area contributed by atoms with Crippen LogP contribution in [0.4, 0.5) is 17.1 Å². The number of benzene rings is 4. The van der Waals surface area contributed by atoms with Gasteiger partial charge in [0.1, 0.15) is 5.75 Å². The van der Waals surface area contributed by atoms with E-state index in [0.717, 1.165) is 21.8 Å². The molecule has 0 bridgehead atoms. The van der Waals surface area contributed by atoms with E-state index in [2.05, 4.69) is 26.1 Å². The number of aryl methyl sites for hydroxylation is 1. The molecule has 0 aliphatic rings. The molecular formula is C32H30N2O4. The zero-order valence-electron chi connectivity index (χ0n) is 21.9. The number of rotatable bonds is 7. The van der Waals surface area contributed by atoms with Gasteiger partial charge in [0.25, 0.3) is 5.91 Å². The Labute approximate surface area is 222 Å². The standard InChI is InChI=1S/C32H30N2O4/c1-22-10-19-28(38-31(37)23-11-13-24(14-12-23)32(2,3)4)20-29(22)30(36)34(21-35)27-17-15-26(16-18-27)33-25-8-6-5-7-9-25/h5-21,33H,1-4H3. The Bertz CT molecular complexity index is 1440. The first-order valence-corrected chi connectivity index (χ1v) is 12.3. The number of nitrogens with zero attached hydrogens (tertiary/aromatic N) is 1. The predicted molar refractivity (Wildman–Crippen MR) is 150 cm³/mol. The number of imide groups is 1. The molecule has 0 saturated heterocycles. The van der Waals surface area contributed by atoms with Crippen LogP contribution in [0.1, 0.15) is 52.6 Å². The minimum Gasteiger partial charge on any atom is -0.423 e. The summed E-state index contributed by atoms with van der Waals surface area (Å²) < 4.78 is 5.56. The number of nitrogens with one attached hydrogen (secondary N) is 1. The SMILES string of the molecule is Cc1ccc(OC(=O)c2ccc(C(C)(C)C)cc2)cc1C(=O)N(C=O)c1ccc(Nc2ccccc2)cc1. The van der Waals surface area contributed by atoms with E-state index in [1.165, 1.54) is 6.07 Å². The minimum absolute atomic E-state index is 0.0299. The molecule has 0 atom stereocenters. The number of para-hydroxylation sites is 1. The third-order valence-corrected chi connectivity index (χ3v) is 6.17. The summed E-state index contributed by atoms with van der Waals surface area (Å²) in [6.07, 6.45) is 0.483. The third kappa shape index (κ3) is 6.16. The zero-order chi connectivity index (χ0) is 27.3. The van der Waals surface area contributed by atoms with Gasteiger partial charge in [0.15, 0.2) is 0 Å². The predicted octanol–water partition coefficient (Wildman–Crippen LogP) is 7.06. The average Bonchev–Trinajstić information content (AvgIpc) is 2.91. The van der Waals surface area contributed by atoms with Gasteiger partial charge in [-0.05, 0) is 84.1 Å². The van der Waals surface area contributed by atoms with Gasteiger partial charge in [0.05, 0.1) is 11.3 Å². The van der Waals surface area contributed by atoms with Crippen molar-refractivity contribution >= 4 is 35.3 Å². The van der Waals surface area contributed by atoms with Crippen molar-refractivity contribution in [1.29, 1.82) is 0 Å². The van der Waals surface area contributed by atoms with Crippen LogP contribution in [-0.2, 0) is 10.2 Å². The second-order valence-electron chi connectivity index (χ2n) is 10.0. The van der Waals surface area contributed by atoms with Crippen molar-refractivity contribution in [3.63, 3.8) is 0 Å². The van der Waals surface area contributed by atoms with Crippen molar-refractivity contribution in [2.24, 2.45) is 0 Å². The van der Waals surface area contributed by atoms with Gasteiger partial charge in [-0.15, -0.1) is 0 Å². The molecular weight excluding hydrogens is 476 g/mol. The van der Waals surface area contributed by atoms with Crippen molar-refractivity contribution < 1.29 is 19.1 Å². The largest absolute Gasteiger partial charge is 0.423 e. The number of carbonyl (C=O) groups excluding carboxylic acids is 3. The van der Waals surface area contributed by atoms with Crippen LogP contribution < -0.4 is 15.0 Å². The fourth-order valence-corrected chi connectivity index (χ4v) is 3.92. The van der Waals surface area contributed by atoms with E-state index in [1.807, 2.05) is 42.5 Å². The first kappa shape index (κ1) is 26.4. The molecule has 6 heteroatoms. The van der Waals surface area contributed by atoms with E-state index in [0.29, 0.717) is 23.2 Å². The van der Waals surface area contributed by atoms with Crippen LogP contribution in [0.15, 0.2) is 97.1 Å². The summed E-state index contributed by atoms with van der Waals surface area (Å²) in [4.78, 5) is 39.1. The van der Waals surface area contributed by atoms with E-state index >= 15 is 0 Å². The molecule has 0 saturated carbocycles. The van der Waals surface area contributed by atoms with Crippen molar-refractivity contribution in [3.05, 3.63) is 119 Å². The highest BCUT2D eigenvalue weighted by Gasteiger charge is 2.21. The Morgan fingerprint density at radius 1 is 0.816 bits per heavy atom. The van der Waals surface area contributed by atoms with Crippen LogP contribution in [0.2, 0.25) is 0 Å². The number of esters is 1. The molecule has 4 rings (SSSR count). The molecule has 0 aromatic heterocycles. The average molecular weight is 507 g/mol. The highest BCUT2D eigenvalue weighted by atomic mass is 16.5. The monoisotopic (exact) mass is 506 g/mol. The summed E-state index contributed by atoms with van der Waals surface area (Å²) in [6.45, 7) is 8.07. The highest BCUT2D eigenvalue weighted by Crippen LogP contribution is 2.26. The van der Waals surface area contributed by atoms with Crippen LogP contribution >= 0.6 is 0 Å². The maximum Gasteiger partial charge on any atom is 0.343 e. The van der Waals surface area contributed by atoms with Crippen LogP contribution in [0.3, 0.4) is 0 Å². The molecule has 1 N–H and O–H groups in total. The number of hydrogen-bond acceptors (Lipinski definition) is 5. The lowest BCUT2D eigenvalue weighted by molar-refractivity contribution is -0.106. The molecule has 192 valence electrons. The topological polar surface area (TPSA) is 75.7 Å². The fourth-order valence-electron chi connectivity index (χ4n) is 3.92. The van der Waals surface area contributed by atoms with Gasteiger partial charge < -0.3 is 10.1 Å². The lowest BCUT2D eigenvalue weighted by Gasteiger charge is -2.19. The summed E-state index contributed by atoms with van der Waals surface area (Å²) in [5, 5.41) is 3.27. The van der Waals surface area contributed by atoms with E-state index in [4.69, 9.17) is 4.74 Å². The fraction of sp³-hybridized carbons (Fsp3) is 0.156. The van der Waals surface area contributed by atoms with Crippen LogP contribution in [-0.4, -0.2) is 18.3 Å². The molecule has 0 radical (unpaired) electrons. The Hall–Kier alpha value is -4.71. The summed E-state index contributed by atoms with van der Waals surface area (Å²) in [6, 6.07) is 28.7. The molecule has 0 aliphatic heterocycles. The number of hydrogen-bond donors (Lipinski definition) is 1. The smallest absolute Gasteiger partial charge is 0.343 e. The molecule has 0 heterocycles. The molecule has 0 aliphatic carbocycles. The molecule has 6 nitrogen and oxygen atoms in total. The minimum atomic E-state index is -0.526. The van der Waals surface area contributed by atoms with Gasteiger partial charge in [-0.3, -0.25) is 9.59 Å². The molecule has 0 fully saturated rings. The van der Waals surface area contributed by atoms with Crippen molar-refractivity contribution in [2.75, 3.05) is 10.2 Å². The summed E-state index contributed by atoms with van der Waals surface area (Å²) in [7, 11) is 0. The van der Waals surface area contributed by atoms with Gasteiger partial charge in [-0.2, -0.15) is 0 Å². The highest BCUT2D eigenvalue weighted by molar-refractivity contribution is 6.16. The molecule has 0 spiro atoms. The third-order valence-electron chi connectivity index (χ3n) is 6.17. The van der Waals surface area contributed by atoms with Gasteiger partial charge in [-0.25, -0.2) is 9.69 Å². The number of anilines is 3. The number of carbonyl (C=O) groups is 3. The molecule has 38 heavy (non-hydrogen) atoms. The summed E-state index contributed by atoms with van der Waals surface area (Å²) >= 11 is 0. The van der Waals surface area contributed by atoms with E-state index in [1.54, 1.807) is 55.5 Å². The van der Waals surface area contributed by atoms with E-state index < -0.39 is 11.9 Å². The number of ether oxygens (including phenoxy) is 1. The van der Waals surface area contributed by atoms with Crippen LogP contribution in [0, 0.1) is 6.92 Å². The van der Waals surface area contributed by atoms with E-state index in [9.17, 15) is 14.4 Å². The Kier molecular flexibility index (Phi) is 7.72. The van der Waals surface area contributed by atoms with Gasteiger partial charge in [0.2, 0.25) is 6.41 Å². The van der Waals surface area contributed by atoms with Crippen molar-refractivity contribution in [2.45, 2.75) is 33.1 Å². The normalized spacial score (nSPS) is 10.9. The second kappa shape index (κ2) is 11.1. The van der Waals surface area contributed by atoms with Gasteiger partial charge >= 0.3 is 5.97 Å². The van der Waals surface area contributed by atoms with Gasteiger partial charge in [-0.1, -0.05) is 57.2 Å². The summed E-state index contributed by atoms with van der Waals surface area (Å²) in [5.74, 6) is -0.827. The Balaban J connectivity index is 1.50. The van der Waals surface area contributed by atoms with Crippen LogP contribution in [0.25, 0.3) is 0 Å². The summed E-state index contributed by atoms with van der Waals surface area (Å²) in [5.41, 5.74) is 4.56. The first-order chi connectivity index (χ1) is 18.2. The quantitative estimate of drug-likeness (QED) is 0.165. The van der Waals surface area contributed by atoms with E-state index in [-0.39, 0.29) is 16.7 Å². The number of amides is 2. The molecule has 4 aromatic carbocycles. The first-order valence-electron chi connectivity index (χ1n) is 12.3. The Morgan fingerprint density at radius 2 is 1.45 bits per heavy atom. The lowest BCUT2D eigenvalue weighted by Crippen LogP contribution is -2.30. The second-order valence-corrected chi connectivity index (χ2v) is 10.0. The van der Waals surface area contributed by atoms with Gasteiger partial charge in [0, 0.05) is 16.9 Å². The maximum atomic E-state index is 13.4. The maximum absolute atomic E-state index is 13.4. The van der Waals surface area contributed by atoms with Crippen molar-refractivity contribution in [3.8, 4) is 5.75 Å². The Morgan fingerprint density at radius 3 is 2.05 bits per heavy atom. The van der Waals surface area contributed by atoms with Crippen LogP contribution in [0.5, 0.6) is 5.75 Å². The zero-order valence-corrected chi connectivity index (χ0v) is 21.9. The lowest BCUT2D eigenvalue weighted by atomic mass is 9.87. The molecule has 0 unspecified atom stereocenters.